The minimum absolute atomic E-state index is 0.00182. The molecular formula is C45H55N7O13S. The third-order valence-corrected chi connectivity index (χ3v) is 10.3. The van der Waals surface area contributed by atoms with Crippen molar-refractivity contribution in [2.75, 3.05) is 13.6 Å². The molecule has 20 nitrogen and oxygen atoms in total. The number of benzene rings is 3. The Morgan fingerprint density at radius 2 is 1.47 bits per heavy atom. The number of ether oxygens (including phenoxy) is 1. The van der Waals surface area contributed by atoms with Crippen molar-refractivity contribution < 1.29 is 60.6 Å². The summed E-state index contributed by atoms with van der Waals surface area (Å²) in [5.41, 5.74) is 7.36. The predicted molar refractivity (Wildman–Crippen MR) is 242 cm³/mol. The van der Waals surface area contributed by atoms with E-state index in [4.69, 9.17) is 15.0 Å². The molecule has 0 saturated heterocycles. The second kappa shape index (κ2) is 23.6. The van der Waals surface area contributed by atoms with Gasteiger partial charge in [-0.25, -0.2) is 4.79 Å². The van der Waals surface area contributed by atoms with Gasteiger partial charge in [0.1, 0.15) is 35.5 Å². The highest BCUT2D eigenvalue weighted by Gasteiger charge is 2.35. The average Bonchev–Trinajstić information content (AvgIpc) is 3.65. The van der Waals surface area contributed by atoms with Crippen molar-refractivity contribution in [2.45, 2.75) is 89.1 Å². The zero-order valence-electron chi connectivity index (χ0n) is 36.8. The van der Waals surface area contributed by atoms with Crippen LogP contribution in [0.15, 0.2) is 91.1 Å². The van der Waals surface area contributed by atoms with Gasteiger partial charge in [-0.2, -0.15) is 8.42 Å². The molecule has 0 spiro atoms. The first kappa shape index (κ1) is 51.4. The average molecular weight is 934 g/mol. The summed E-state index contributed by atoms with van der Waals surface area (Å²) in [5, 5.41) is 21.0. The molecule has 0 radical (unpaired) electrons. The maximum Gasteiger partial charge on any atom is 0.446 e. The van der Waals surface area contributed by atoms with Gasteiger partial charge in [-0.15, -0.1) is 0 Å². The van der Waals surface area contributed by atoms with Gasteiger partial charge in [0.2, 0.25) is 29.5 Å². The molecular weight excluding hydrogens is 879 g/mol. The number of hydrogen-bond donors (Lipinski definition) is 8. The first-order valence-corrected chi connectivity index (χ1v) is 22.1. The number of hydrogen-bond acceptors (Lipinski definition) is 11. The van der Waals surface area contributed by atoms with Crippen LogP contribution < -0.4 is 31.2 Å². The smallest absolute Gasteiger partial charge is 0.446 e. The second-order valence-electron chi connectivity index (χ2n) is 16.2. The van der Waals surface area contributed by atoms with E-state index in [2.05, 4.69) is 30.4 Å². The van der Waals surface area contributed by atoms with Gasteiger partial charge in [0.15, 0.2) is 0 Å². The van der Waals surface area contributed by atoms with Gasteiger partial charge in [0.05, 0.1) is 6.42 Å². The number of carboxylic acids is 1. The lowest BCUT2D eigenvalue weighted by Crippen LogP contribution is -2.59. The molecule has 6 amide bonds. The molecule has 0 fully saturated rings. The van der Waals surface area contributed by atoms with E-state index in [1.165, 1.54) is 43.5 Å². The number of aliphatic carboxylic acids is 1. The van der Waals surface area contributed by atoms with E-state index in [0.29, 0.717) is 16.7 Å². The topological polar surface area (TPSA) is 306 Å². The molecule has 9 N–H and O–H groups in total. The number of carbonyl (C=O) groups excluding carboxylic acids is 6. The van der Waals surface area contributed by atoms with Crippen LogP contribution in [0.25, 0.3) is 17.0 Å². The number of amides is 6. The summed E-state index contributed by atoms with van der Waals surface area (Å²) in [6.07, 6.45) is 2.88. The molecule has 354 valence electrons. The Hall–Kier alpha value is -7.26. The van der Waals surface area contributed by atoms with Crippen LogP contribution in [-0.4, -0.2) is 113 Å². The zero-order chi connectivity index (χ0) is 48.6. The zero-order valence-corrected chi connectivity index (χ0v) is 37.6. The van der Waals surface area contributed by atoms with Crippen LogP contribution in [0.1, 0.15) is 63.1 Å². The molecule has 4 rings (SSSR count). The van der Waals surface area contributed by atoms with Crippen molar-refractivity contribution >= 4 is 69.0 Å². The fourth-order valence-corrected chi connectivity index (χ4v) is 7.06. The van der Waals surface area contributed by atoms with E-state index >= 15 is 0 Å². The van der Waals surface area contributed by atoms with Crippen molar-refractivity contribution in [3.63, 3.8) is 0 Å². The van der Waals surface area contributed by atoms with Gasteiger partial charge in [-0.3, -0.25) is 33.3 Å². The van der Waals surface area contributed by atoms with Gasteiger partial charge in [-0.05, 0) is 81.0 Å². The van der Waals surface area contributed by atoms with Crippen molar-refractivity contribution in [1.29, 1.82) is 0 Å². The van der Waals surface area contributed by atoms with Crippen molar-refractivity contribution in [2.24, 2.45) is 5.73 Å². The van der Waals surface area contributed by atoms with Gasteiger partial charge in [0.25, 0.3) is 0 Å². The lowest BCUT2D eigenvalue weighted by Gasteiger charge is -2.30. The molecule has 0 unspecified atom stereocenters. The van der Waals surface area contributed by atoms with E-state index in [9.17, 15) is 47.1 Å². The fourth-order valence-electron chi connectivity index (χ4n) is 6.70. The molecule has 0 aliphatic carbocycles. The molecule has 1 heterocycles. The van der Waals surface area contributed by atoms with Crippen molar-refractivity contribution in [1.82, 2.24) is 31.2 Å². The third kappa shape index (κ3) is 17.0. The summed E-state index contributed by atoms with van der Waals surface area (Å²) in [6, 6.07) is 15.8. The molecule has 4 atom stereocenters. The SMILES string of the molecule is CN(C(=O)[C@H](CC(=O)O)NC(=O)[C@H](CCCCNC(=O)/C=C/c1ccc(OS(=O)(=O)O)cc1)NC(=O)[C@H](Cc1c[nH]c2ccccc12)NC(=O)OC(C)(C)C)[C@@H](Cc1ccccc1)C(N)=O. The molecule has 4 aromatic rings. The number of rotatable bonds is 23. The van der Waals surface area contributed by atoms with E-state index in [0.717, 1.165) is 15.8 Å². The largest absolute Gasteiger partial charge is 0.481 e. The number of H-pyrrole nitrogens is 1. The Balaban J connectivity index is 1.54. The highest BCUT2D eigenvalue weighted by atomic mass is 32.3. The van der Waals surface area contributed by atoms with Crippen LogP contribution in [0.5, 0.6) is 5.75 Å². The van der Waals surface area contributed by atoms with E-state index < -0.39 is 88.2 Å². The van der Waals surface area contributed by atoms with E-state index in [-0.39, 0.29) is 44.4 Å². The summed E-state index contributed by atoms with van der Waals surface area (Å²) in [6.45, 7) is 5.04. The number of fused-ring (bicyclic) bond motifs is 1. The number of primary amides is 1. The number of nitrogens with two attached hydrogens (primary N) is 1. The normalized spacial score (nSPS) is 13.4. The number of carboxylic acid groups (broad SMARTS) is 1. The Morgan fingerprint density at radius 1 is 0.833 bits per heavy atom. The second-order valence-corrected chi connectivity index (χ2v) is 17.3. The highest BCUT2D eigenvalue weighted by molar-refractivity contribution is 7.81. The number of nitrogens with zero attached hydrogens (tertiary/aromatic N) is 1. The van der Waals surface area contributed by atoms with Crippen LogP contribution >= 0.6 is 0 Å². The minimum atomic E-state index is -4.71. The summed E-state index contributed by atoms with van der Waals surface area (Å²) < 4.78 is 40.5. The van der Waals surface area contributed by atoms with Gasteiger partial charge in [-0.1, -0.05) is 60.7 Å². The molecule has 0 aliphatic heterocycles. The van der Waals surface area contributed by atoms with Crippen LogP contribution in [0.2, 0.25) is 0 Å². The maximum atomic E-state index is 14.2. The number of aromatic nitrogens is 1. The van der Waals surface area contributed by atoms with Crippen molar-refractivity contribution in [3.05, 3.63) is 108 Å². The number of carbonyl (C=O) groups is 7. The van der Waals surface area contributed by atoms with E-state index in [1.54, 1.807) is 63.4 Å². The molecule has 0 saturated carbocycles. The van der Waals surface area contributed by atoms with Crippen LogP contribution in [0.4, 0.5) is 4.79 Å². The fraction of sp³-hybridized carbons (Fsp3) is 0.356. The van der Waals surface area contributed by atoms with Gasteiger partial charge >= 0.3 is 22.5 Å². The first-order chi connectivity index (χ1) is 31.1. The number of nitrogens with one attached hydrogen (secondary N) is 5. The summed E-state index contributed by atoms with van der Waals surface area (Å²) in [4.78, 5) is 96.7. The molecule has 3 aromatic carbocycles. The minimum Gasteiger partial charge on any atom is -0.481 e. The summed E-state index contributed by atoms with van der Waals surface area (Å²) in [7, 11) is -3.44. The molecule has 66 heavy (non-hydrogen) atoms. The Kier molecular flexibility index (Phi) is 18.4. The number of likely N-dealkylation sites (N-methyl/N-ethyl adjacent to an activating group) is 1. The lowest BCUT2D eigenvalue weighted by molar-refractivity contribution is -0.146. The summed E-state index contributed by atoms with van der Waals surface area (Å²) in [5.74, 6) is -5.64. The van der Waals surface area contributed by atoms with Crippen LogP contribution in [0.3, 0.4) is 0 Å². The number of para-hydroxylation sites is 1. The Bertz CT molecular complexity index is 2490. The number of alkyl carbamates (subject to hydrolysis) is 1. The molecule has 1 aromatic heterocycles. The van der Waals surface area contributed by atoms with Crippen LogP contribution in [-0.2, 0) is 56.7 Å². The molecule has 21 heteroatoms. The van der Waals surface area contributed by atoms with Gasteiger partial charge in [0, 0.05) is 49.6 Å². The standard InChI is InChI=1S/C45H55N7O13S/c1-45(2,3)64-44(60)51-35(25-30-27-48-33-15-9-8-14-32(30)33)42(58)49-34(16-10-11-23-47-38(53)22-19-28-17-20-31(21-18-28)65-66(61,62)63)41(57)50-36(26-39(54)55)43(59)52(4)37(40(46)56)24-29-12-6-5-7-13-29/h5-9,12-15,17-22,27,34-37,48H,10-11,16,23-26H2,1-4H3,(H2,46,56)(H,47,53)(H,49,58)(H,50,57)(H,51,60)(H,54,55)(H,61,62,63)/b22-19+/t34-,35-,36-,37-/m0/s1. The Labute approximate surface area is 381 Å². The first-order valence-electron chi connectivity index (χ1n) is 20.8. The quantitative estimate of drug-likeness (QED) is 0.0302. The monoisotopic (exact) mass is 933 g/mol. The number of aromatic amines is 1. The highest BCUT2D eigenvalue weighted by Crippen LogP contribution is 2.20. The predicted octanol–water partition coefficient (Wildman–Crippen LogP) is 2.78. The Morgan fingerprint density at radius 3 is 2.11 bits per heavy atom. The number of unbranched alkanes of at least 4 members (excludes halogenated alkanes) is 1. The third-order valence-electron chi connectivity index (χ3n) is 9.88. The molecule has 0 bridgehead atoms. The van der Waals surface area contributed by atoms with Crippen molar-refractivity contribution in [3.8, 4) is 5.75 Å². The summed E-state index contributed by atoms with van der Waals surface area (Å²) >= 11 is 0. The van der Waals surface area contributed by atoms with Crippen LogP contribution in [0, 0.1) is 0 Å². The lowest BCUT2D eigenvalue weighted by atomic mass is 10.0. The van der Waals surface area contributed by atoms with Gasteiger partial charge < -0.3 is 50.9 Å². The van der Waals surface area contributed by atoms with E-state index in [1.807, 2.05) is 18.2 Å². The maximum absolute atomic E-state index is 14.2. The molecule has 0 aliphatic rings.